The van der Waals surface area contributed by atoms with Gasteiger partial charge in [0.05, 0.1) is 10.7 Å². The Morgan fingerprint density at radius 1 is 1.00 bits per heavy atom. The molecule has 0 spiro atoms. The first-order valence-corrected chi connectivity index (χ1v) is 9.89. The zero-order chi connectivity index (χ0) is 20.5. The van der Waals surface area contributed by atoms with E-state index in [-0.39, 0.29) is 11.7 Å². The molecule has 2 aromatic carbocycles. The zero-order valence-corrected chi connectivity index (χ0v) is 16.8. The van der Waals surface area contributed by atoms with Gasteiger partial charge in [-0.15, -0.1) is 0 Å². The quantitative estimate of drug-likeness (QED) is 0.542. The first kappa shape index (κ1) is 21.0. The van der Waals surface area contributed by atoms with Gasteiger partial charge in [-0.2, -0.15) is 0 Å². The summed E-state index contributed by atoms with van der Waals surface area (Å²) >= 11 is 6.11. The highest BCUT2D eigenvalue weighted by molar-refractivity contribution is 6.33. The number of aromatic nitrogens is 1. The molecule has 0 aliphatic rings. The van der Waals surface area contributed by atoms with E-state index in [1.54, 1.807) is 30.5 Å². The molecule has 0 radical (unpaired) electrons. The maximum atomic E-state index is 13.2. The fourth-order valence-corrected chi connectivity index (χ4v) is 3.15. The highest BCUT2D eigenvalue weighted by atomic mass is 35.5. The Hall–Kier alpha value is -2.76. The fourth-order valence-electron chi connectivity index (χ4n) is 2.97. The Labute approximate surface area is 175 Å². The SMILES string of the molecule is O=C(CCN(CCc1ccccn1)Cc1ccc(F)cc1)Nc1ccccc1Cl. The van der Waals surface area contributed by atoms with Crippen LogP contribution in [0.2, 0.25) is 5.02 Å². The molecule has 0 saturated carbocycles. The molecule has 0 aliphatic heterocycles. The van der Waals surface area contributed by atoms with E-state index in [0.29, 0.717) is 30.2 Å². The number of para-hydroxylation sites is 1. The molecule has 0 saturated heterocycles. The van der Waals surface area contributed by atoms with Crippen LogP contribution in [0.25, 0.3) is 0 Å². The van der Waals surface area contributed by atoms with Crippen LogP contribution >= 0.6 is 11.6 Å². The summed E-state index contributed by atoms with van der Waals surface area (Å²) in [6.07, 6.45) is 2.87. The van der Waals surface area contributed by atoms with E-state index in [1.165, 1.54) is 12.1 Å². The van der Waals surface area contributed by atoms with Crippen molar-refractivity contribution in [2.24, 2.45) is 0 Å². The number of rotatable bonds is 9. The molecule has 0 unspecified atom stereocenters. The molecule has 3 aromatic rings. The highest BCUT2D eigenvalue weighted by Gasteiger charge is 2.11. The van der Waals surface area contributed by atoms with Gasteiger partial charge in [0.2, 0.25) is 5.91 Å². The number of pyridine rings is 1. The van der Waals surface area contributed by atoms with E-state index in [0.717, 1.165) is 24.2 Å². The van der Waals surface area contributed by atoms with Gasteiger partial charge in [-0.25, -0.2) is 4.39 Å². The van der Waals surface area contributed by atoms with Gasteiger partial charge in [-0.1, -0.05) is 41.9 Å². The van der Waals surface area contributed by atoms with Crippen molar-refractivity contribution < 1.29 is 9.18 Å². The number of benzene rings is 2. The van der Waals surface area contributed by atoms with Crippen molar-refractivity contribution in [3.05, 3.63) is 95.0 Å². The summed E-state index contributed by atoms with van der Waals surface area (Å²) in [5, 5.41) is 3.36. The Balaban J connectivity index is 1.59. The minimum absolute atomic E-state index is 0.0972. The molecule has 1 N–H and O–H groups in total. The molecule has 0 atom stereocenters. The summed E-state index contributed by atoms with van der Waals surface area (Å²) in [6.45, 7) is 1.95. The summed E-state index contributed by atoms with van der Waals surface area (Å²) in [7, 11) is 0. The van der Waals surface area contributed by atoms with Crippen LogP contribution in [0, 0.1) is 5.82 Å². The van der Waals surface area contributed by atoms with E-state index in [9.17, 15) is 9.18 Å². The van der Waals surface area contributed by atoms with Crippen molar-refractivity contribution in [1.29, 1.82) is 0 Å². The van der Waals surface area contributed by atoms with Crippen LogP contribution in [0.5, 0.6) is 0 Å². The lowest BCUT2D eigenvalue weighted by Gasteiger charge is -2.22. The molecule has 6 heteroatoms. The maximum Gasteiger partial charge on any atom is 0.225 e. The zero-order valence-electron chi connectivity index (χ0n) is 16.0. The second-order valence-corrected chi connectivity index (χ2v) is 7.16. The van der Waals surface area contributed by atoms with Crippen LogP contribution in [-0.2, 0) is 17.8 Å². The predicted octanol–water partition coefficient (Wildman–Crippen LogP) is 4.95. The molecule has 29 heavy (non-hydrogen) atoms. The van der Waals surface area contributed by atoms with Gasteiger partial charge in [0, 0.05) is 44.4 Å². The number of halogens is 2. The van der Waals surface area contributed by atoms with Crippen molar-refractivity contribution in [3.8, 4) is 0 Å². The molecule has 0 bridgehead atoms. The van der Waals surface area contributed by atoms with Crippen LogP contribution in [0.4, 0.5) is 10.1 Å². The second-order valence-electron chi connectivity index (χ2n) is 6.75. The van der Waals surface area contributed by atoms with Crippen molar-refractivity contribution in [2.75, 3.05) is 18.4 Å². The average molecular weight is 412 g/mol. The number of nitrogens with zero attached hydrogens (tertiary/aromatic N) is 2. The molecule has 4 nitrogen and oxygen atoms in total. The summed E-state index contributed by atoms with van der Waals surface area (Å²) in [6, 6.07) is 19.5. The van der Waals surface area contributed by atoms with Gasteiger partial charge in [-0.3, -0.25) is 14.7 Å². The lowest BCUT2D eigenvalue weighted by molar-refractivity contribution is -0.116. The Morgan fingerprint density at radius 3 is 2.48 bits per heavy atom. The number of nitrogens with one attached hydrogen (secondary N) is 1. The van der Waals surface area contributed by atoms with Crippen molar-refractivity contribution in [3.63, 3.8) is 0 Å². The van der Waals surface area contributed by atoms with Crippen molar-refractivity contribution in [1.82, 2.24) is 9.88 Å². The van der Waals surface area contributed by atoms with Gasteiger partial charge < -0.3 is 5.32 Å². The van der Waals surface area contributed by atoms with Crippen LogP contribution < -0.4 is 5.32 Å². The van der Waals surface area contributed by atoms with E-state index in [4.69, 9.17) is 11.6 Å². The molecule has 1 heterocycles. The lowest BCUT2D eigenvalue weighted by Crippen LogP contribution is -2.29. The average Bonchev–Trinajstić information content (AvgIpc) is 2.74. The van der Waals surface area contributed by atoms with Crippen LogP contribution in [0.3, 0.4) is 0 Å². The topological polar surface area (TPSA) is 45.2 Å². The minimum atomic E-state index is -0.257. The largest absolute Gasteiger partial charge is 0.325 e. The summed E-state index contributed by atoms with van der Waals surface area (Å²) < 4.78 is 13.2. The van der Waals surface area contributed by atoms with Crippen LogP contribution in [0.15, 0.2) is 72.9 Å². The number of hydrogen-bond donors (Lipinski definition) is 1. The third-order valence-electron chi connectivity index (χ3n) is 4.53. The van der Waals surface area contributed by atoms with E-state index >= 15 is 0 Å². The lowest BCUT2D eigenvalue weighted by atomic mass is 10.2. The molecular formula is C23H23ClFN3O. The van der Waals surface area contributed by atoms with Gasteiger partial charge >= 0.3 is 0 Å². The summed E-state index contributed by atoms with van der Waals surface area (Å²) in [5.41, 5.74) is 2.61. The molecule has 1 amide bonds. The molecular weight excluding hydrogens is 389 g/mol. The van der Waals surface area contributed by atoms with Gasteiger partial charge in [-0.05, 0) is 42.0 Å². The van der Waals surface area contributed by atoms with Crippen LogP contribution in [-0.4, -0.2) is 28.9 Å². The number of carbonyl (C=O) groups excluding carboxylic acids is 1. The number of amides is 1. The standard InChI is InChI=1S/C23H23ClFN3O/c24-21-6-1-2-7-22(21)27-23(29)13-16-28(15-12-20-5-3-4-14-26-20)17-18-8-10-19(25)11-9-18/h1-11,14H,12-13,15-17H2,(H,27,29). The maximum absolute atomic E-state index is 13.2. The molecule has 150 valence electrons. The Bertz CT molecular complexity index is 919. The minimum Gasteiger partial charge on any atom is -0.325 e. The second kappa shape index (κ2) is 10.7. The van der Waals surface area contributed by atoms with Gasteiger partial charge in [0.15, 0.2) is 0 Å². The monoisotopic (exact) mass is 411 g/mol. The van der Waals surface area contributed by atoms with E-state index < -0.39 is 0 Å². The van der Waals surface area contributed by atoms with Gasteiger partial charge in [0.25, 0.3) is 0 Å². The molecule has 1 aromatic heterocycles. The Morgan fingerprint density at radius 2 is 1.76 bits per heavy atom. The molecule has 3 rings (SSSR count). The summed E-state index contributed by atoms with van der Waals surface area (Å²) in [5.74, 6) is -0.354. The highest BCUT2D eigenvalue weighted by Crippen LogP contribution is 2.20. The Kier molecular flexibility index (Phi) is 7.73. The molecule has 0 aliphatic carbocycles. The predicted molar refractivity (Wildman–Crippen MR) is 114 cm³/mol. The van der Waals surface area contributed by atoms with Crippen LogP contribution in [0.1, 0.15) is 17.7 Å². The first-order valence-electron chi connectivity index (χ1n) is 9.51. The van der Waals surface area contributed by atoms with Crippen molar-refractivity contribution >= 4 is 23.2 Å². The molecule has 0 fully saturated rings. The smallest absolute Gasteiger partial charge is 0.225 e. The number of carbonyl (C=O) groups is 1. The fraction of sp³-hybridized carbons (Fsp3) is 0.217. The number of hydrogen-bond acceptors (Lipinski definition) is 3. The first-order chi connectivity index (χ1) is 14.1. The normalized spacial score (nSPS) is 10.9. The van der Waals surface area contributed by atoms with E-state index in [2.05, 4.69) is 15.2 Å². The third-order valence-corrected chi connectivity index (χ3v) is 4.86. The van der Waals surface area contributed by atoms with E-state index in [1.807, 2.05) is 30.3 Å². The third kappa shape index (κ3) is 6.97. The van der Waals surface area contributed by atoms with Gasteiger partial charge in [0.1, 0.15) is 5.82 Å². The number of anilines is 1. The summed E-state index contributed by atoms with van der Waals surface area (Å²) in [4.78, 5) is 18.9. The van der Waals surface area contributed by atoms with Crippen molar-refractivity contribution in [2.45, 2.75) is 19.4 Å².